The maximum Gasteiger partial charge on any atom is 0.410 e. The maximum absolute atomic E-state index is 12.7. The van der Waals surface area contributed by atoms with Gasteiger partial charge in [0.2, 0.25) is 0 Å². The molecular formula is C26H33N3O4. The Labute approximate surface area is 195 Å². The van der Waals surface area contributed by atoms with Gasteiger partial charge in [-0.25, -0.2) is 4.79 Å². The lowest BCUT2D eigenvalue weighted by molar-refractivity contribution is -0.150. The molecule has 0 N–H and O–H groups in total. The Balaban J connectivity index is 1.29. The smallest absolute Gasteiger partial charge is 0.410 e. The topological polar surface area (TPSA) is 72.0 Å². The molecule has 0 spiro atoms. The summed E-state index contributed by atoms with van der Waals surface area (Å²) in [6.07, 6.45) is 5.67. The van der Waals surface area contributed by atoms with Gasteiger partial charge >= 0.3 is 12.1 Å². The molecule has 176 valence electrons. The fourth-order valence-electron chi connectivity index (χ4n) is 4.38. The van der Waals surface area contributed by atoms with E-state index in [1.54, 1.807) is 17.3 Å². The zero-order valence-corrected chi connectivity index (χ0v) is 19.8. The molecule has 3 heterocycles. The average molecular weight is 452 g/mol. The number of nitrogens with zero attached hydrogens (tertiary/aromatic N) is 3. The molecule has 2 aliphatic heterocycles. The first-order valence-electron chi connectivity index (χ1n) is 11.7. The normalized spacial score (nSPS) is 16.8. The van der Waals surface area contributed by atoms with Crippen LogP contribution in [-0.4, -0.2) is 47.2 Å². The van der Waals surface area contributed by atoms with Crippen molar-refractivity contribution in [2.75, 3.05) is 24.5 Å². The van der Waals surface area contributed by atoms with E-state index in [-0.39, 0.29) is 24.6 Å². The highest BCUT2D eigenvalue weighted by molar-refractivity contribution is 5.73. The van der Waals surface area contributed by atoms with Crippen molar-refractivity contribution >= 4 is 17.7 Å². The molecule has 0 radical (unpaired) electrons. The molecular weight excluding hydrogens is 418 g/mol. The minimum atomic E-state index is -0.512. The van der Waals surface area contributed by atoms with Crippen molar-refractivity contribution in [2.45, 2.75) is 58.8 Å². The molecule has 1 aromatic heterocycles. The number of anilines is 1. The van der Waals surface area contributed by atoms with Crippen LogP contribution in [0.4, 0.5) is 10.5 Å². The first kappa shape index (κ1) is 23.1. The minimum Gasteiger partial charge on any atom is -0.461 e. The SMILES string of the molecule is CC(C)(C)OC(=O)N1CCc2ccc(COC(=O)C3CCN(c4ccncc4)CC3)cc2C1. The second-order valence-corrected chi connectivity index (χ2v) is 9.83. The Morgan fingerprint density at radius 1 is 1.03 bits per heavy atom. The fourth-order valence-corrected chi connectivity index (χ4v) is 4.38. The van der Waals surface area contributed by atoms with Crippen molar-refractivity contribution in [1.82, 2.24) is 9.88 Å². The minimum absolute atomic E-state index is 0.0663. The molecule has 7 nitrogen and oxygen atoms in total. The summed E-state index contributed by atoms with van der Waals surface area (Å²) < 4.78 is 11.2. The van der Waals surface area contributed by atoms with Crippen LogP contribution in [0.15, 0.2) is 42.7 Å². The number of hydrogen-bond donors (Lipinski definition) is 0. The van der Waals surface area contributed by atoms with Crippen LogP contribution >= 0.6 is 0 Å². The summed E-state index contributed by atoms with van der Waals surface area (Å²) in [5.41, 5.74) is 3.90. The van der Waals surface area contributed by atoms with E-state index in [2.05, 4.69) is 16.0 Å². The highest BCUT2D eigenvalue weighted by Gasteiger charge is 2.28. The monoisotopic (exact) mass is 451 g/mol. The second-order valence-electron chi connectivity index (χ2n) is 9.83. The lowest BCUT2D eigenvalue weighted by atomic mass is 9.96. The van der Waals surface area contributed by atoms with Gasteiger partial charge in [-0.05, 0) is 68.9 Å². The molecule has 33 heavy (non-hydrogen) atoms. The molecule has 0 bridgehead atoms. The van der Waals surface area contributed by atoms with Crippen molar-refractivity contribution < 1.29 is 19.1 Å². The quantitative estimate of drug-likeness (QED) is 0.644. The Morgan fingerprint density at radius 2 is 1.76 bits per heavy atom. The maximum atomic E-state index is 12.7. The van der Waals surface area contributed by atoms with E-state index in [0.717, 1.165) is 49.2 Å². The van der Waals surface area contributed by atoms with Crippen molar-refractivity contribution in [1.29, 1.82) is 0 Å². The number of ether oxygens (including phenoxy) is 2. The molecule has 1 amide bonds. The molecule has 2 aliphatic rings. The zero-order valence-electron chi connectivity index (χ0n) is 19.8. The Kier molecular flexibility index (Phi) is 6.86. The summed E-state index contributed by atoms with van der Waals surface area (Å²) in [7, 11) is 0. The Morgan fingerprint density at radius 3 is 2.45 bits per heavy atom. The van der Waals surface area contributed by atoms with E-state index in [1.165, 1.54) is 5.56 Å². The summed E-state index contributed by atoms with van der Waals surface area (Å²) >= 11 is 0. The van der Waals surface area contributed by atoms with E-state index in [9.17, 15) is 9.59 Å². The fraction of sp³-hybridized carbons (Fsp3) is 0.500. The summed E-state index contributed by atoms with van der Waals surface area (Å²) in [4.78, 5) is 33.2. The van der Waals surface area contributed by atoms with E-state index < -0.39 is 5.60 Å². The van der Waals surface area contributed by atoms with Gasteiger partial charge in [-0.1, -0.05) is 18.2 Å². The summed E-state index contributed by atoms with van der Waals surface area (Å²) in [5.74, 6) is -0.194. The van der Waals surface area contributed by atoms with E-state index >= 15 is 0 Å². The second kappa shape index (κ2) is 9.81. The van der Waals surface area contributed by atoms with Gasteiger partial charge in [0, 0.05) is 44.3 Å². The third-order valence-electron chi connectivity index (χ3n) is 6.17. The van der Waals surface area contributed by atoms with E-state index in [4.69, 9.17) is 9.47 Å². The van der Waals surface area contributed by atoms with Crippen LogP contribution in [0.5, 0.6) is 0 Å². The lowest BCUT2D eigenvalue weighted by Crippen LogP contribution is -2.39. The van der Waals surface area contributed by atoms with Gasteiger partial charge in [-0.3, -0.25) is 9.78 Å². The number of hydrogen-bond acceptors (Lipinski definition) is 6. The van der Waals surface area contributed by atoms with Crippen LogP contribution in [0, 0.1) is 5.92 Å². The molecule has 7 heteroatoms. The predicted octanol–water partition coefficient (Wildman–Crippen LogP) is 4.33. The van der Waals surface area contributed by atoms with E-state index in [1.807, 2.05) is 45.0 Å². The molecule has 0 aliphatic carbocycles. The van der Waals surface area contributed by atoms with Crippen LogP contribution < -0.4 is 4.90 Å². The van der Waals surface area contributed by atoms with Gasteiger partial charge in [0.1, 0.15) is 12.2 Å². The van der Waals surface area contributed by atoms with Crippen LogP contribution in [0.3, 0.4) is 0 Å². The van der Waals surface area contributed by atoms with Crippen molar-refractivity contribution in [3.63, 3.8) is 0 Å². The molecule has 1 aromatic carbocycles. The van der Waals surface area contributed by atoms with Crippen molar-refractivity contribution in [2.24, 2.45) is 5.92 Å². The van der Waals surface area contributed by atoms with E-state index in [0.29, 0.717) is 13.1 Å². The van der Waals surface area contributed by atoms with Gasteiger partial charge < -0.3 is 19.3 Å². The van der Waals surface area contributed by atoms with Gasteiger partial charge in [-0.15, -0.1) is 0 Å². The highest BCUT2D eigenvalue weighted by Crippen LogP contribution is 2.25. The Bertz CT molecular complexity index is 979. The number of aromatic nitrogens is 1. The first-order valence-corrected chi connectivity index (χ1v) is 11.7. The summed E-state index contributed by atoms with van der Waals surface area (Å²) in [6, 6.07) is 10.1. The molecule has 1 saturated heterocycles. The van der Waals surface area contributed by atoms with Crippen LogP contribution in [-0.2, 0) is 33.8 Å². The zero-order chi connectivity index (χ0) is 23.4. The van der Waals surface area contributed by atoms with Crippen LogP contribution in [0.1, 0.15) is 50.3 Å². The third-order valence-corrected chi connectivity index (χ3v) is 6.17. The van der Waals surface area contributed by atoms with Crippen LogP contribution in [0.2, 0.25) is 0 Å². The number of esters is 1. The summed E-state index contributed by atoms with van der Waals surface area (Å²) in [6.45, 7) is 8.71. The van der Waals surface area contributed by atoms with Crippen molar-refractivity contribution in [3.8, 4) is 0 Å². The number of carbonyl (C=O) groups excluding carboxylic acids is 2. The number of amides is 1. The molecule has 0 saturated carbocycles. The number of piperidine rings is 1. The molecule has 0 atom stereocenters. The molecule has 0 unspecified atom stereocenters. The first-order chi connectivity index (χ1) is 15.8. The highest BCUT2D eigenvalue weighted by atomic mass is 16.6. The molecule has 2 aromatic rings. The van der Waals surface area contributed by atoms with Crippen molar-refractivity contribution in [3.05, 3.63) is 59.4 Å². The lowest BCUT2D eigenvalue weighted by Gasteiger charge is -2.32. The predicted molar refractivity (Wildman–Crippen MR) is 126 cm³/mol. The summed E-state index contributed by atoms with van der Waals surface area (Å²) in [5, 5.41) is 0. The van der Waals surface area contributed by atoms with Gasteiger partial charge in [0.05, 0.1) is 5.92 Å². The molecule has 1 fully saturated rings. The average Bonchev–Trinajstić information content (AvgIpc) is 2.81. The largest absolute Gasteiger partial charge is 0.461 e. The molecule has 4 rings (SSSR count). The standard InChI is InChI=1S/C26H33N3O4/c1-26(2,3)33-25(31)29-15-8-20-5-4-19(16-22(20)17-29)18-32-24(30)21-9-13-28(14-10-21)23-6-11-27-12-7-23/h4-7,11-12,16,21H,8-10,13-15,17-18H2,1-3H3. The number of pyridine rings is 1. The Hall–Kier alpha value is -3.09. The van der Waals surface area contributed by atoms with Crippen LogP contribution in [0.25, 0.3) is 0 Å². The third kappa shape index (κ3) is 6.03. The number of fused-ring (bicyclic) bond motifs is 1. The van der Waals surface area contributed by atoms with Gasteiger partial charge in [0.15, 0.2) is 0 Å². The van der Waals surface area contributed by atoms with Gasteiger partial charge in [0.25, 0.3) is 0 Å². The number of carbonyl (C=O) groups is 2. The van der Waals surface area contributed by atoms with Gasteiger partial charge in [-0.2, -0.15) is 0 Å². The number of benzene rings is 1. The number of rotatable bonds is 4.